The van der Waals surface area contributed by atoms with E-state index in [1.54, 1.807) is 25.3 Å². The third-order valence-corrected chi connectivity index (χ3v) is 8.00. The van der Waals surface area contributed by atoms with Gasteiger partial charge in [-0.1, -0.05) is 11.6 Å². The third kappa shape index (κ3) is 5.49. The third-order valence-electron chi connectivity index (χ3n) is 4.78. The van der Waals surface area contributed by atoms with Gasteiger partial charge in [-0.3, -0.25) is 14.8 Å². The van der Waals surface area contributed by atoms with Crippen LogP contribution < -0.4 is 24.8 Å². The van der Waals surface area contributed by atoms with Crippen LogP contribution in [-0.4, -0.2) is 43.6 Å². The van der Waals surface area contributed by atoms with Gasteiger partial charge in [0.2, 0.25) is 5.82 Å². The molecule has 4 rings (SSSR count). The average Bonchev–Trinajstić information content (AvgIpc) is 3.20. The molecule has 0 atom stereocenters. The molecule has 0 aliphatic carbocycles. The maximum absolute atomic E-state index is 12.7. The van der Waals surface area contributed by atoms with Crippen LogP contribution in [0.2, 0.25) is 5.02 Å². The van der Waals surface area contributed by atoms with Gasteiger partial charge < -0.3 is 14.8 Å². The Hall–Kier alpha value is -3.52. The Labute approximate surface area is 220 Å². The lowest BCUT2D eigenvalue weighted by atomic mass is 10.2. The Bertz CT molecular complexity index is 1560. The molecule has 4 aromatic rings. The number of rotatable bonds is 7. The van der Waals surface area contributed by atoms with Crippen molar-refractivity contribution in [3.05, 3.63) is 64.8 Å². The lowest BCUT2D eigenvalue weighted by Crippen LogP contribution is -2.33. The number of amides is 1. The number of nitrogens with one attached hydrogen (secondary N) is 3. The normalized spacial score (nSPS) is 11.1. The minimum atomic E-state index is -3.95. The van der Waals surface area contributed by atoms with Gasteiger partial charge >= 0.3 is 0 Å². The summed E-state index contributed by atoms with van der Waals surface area (Å²) in [4.78, 5) is 20.9. The molecule has 10 nitrogen and oxygen atoms in total. The topological polar surface area (TPSA) is 132 Å². The second-order valence-electron chi connectivity index (χ2n) is 7.06. The largest absolute Gasteiger partial charge is 0.497 e. The summed E-state index contributed by atoms with van der Waals surface area (Å²) in [7, 11) is -1.04. The van der Waals surface area contributed by atoms with Crippen molar-refractivity contribution in [1.82, 2.24) is 15.3 Å². The highest BCUT2D eigenvalue weighted by Gasteiger charge is 2.20. The second kappa shape index (κ2) is 10.6. The first kappa shape index (κ1) is 25.6. The monoisotopic (exact) mass is 563 g/mol. The van der Waals surface area contributed by atoms with Crippen LogP contribution in [0.15, 0.2) is 59.8 Å². The predicted molar refractivity (Wildman–Crippen MR) is 143 cm³/mol. The van der Waals surface area contributed by atoms with Crippen molar-refractivity contribution in [1.29, 1.82) is 0 Å². The SMILES string of the molecule is COc1ccc2c(Cl)c(C(=O)NC(=S)Nc3ccc(S(=O)(=O)Nc4nccnc4OC)cc3)sc2c1. The van der Waals surface area contributed by atoms with Crippen molar-refractivity contribution in [3.63, 3.8) is 0 Å². The number of fused-ring (bicyclic) bond motifs is 1. The number of benzene rings is 2. The Morgan fingerprint density at radius 1 is 1.06 bits per heavy atom. The number of thiocarbonyl (C=S) groups is 1. The maximum Gasteiger partial charge on any atom is 0.269 e. The first-order valence-corrected chi connectivity index (χ1v) is 13.2. The van der Waals surface area contributed by atoms with E-state index in [0.29, 0.717) is 21.3 Å². The van der Waals surface area contributed by atoms with Gasteiger partial charge in [0.15, 0.2) is 5.11 Å². The molecule has 186 valence electrons. The van der Waals surface area contributed by atoms with E-state index in [-0.39, 0.29) is 21.7 Å². The molecule has 3 N–H and O–H groups in total. The second-order valence-corrected chi connectivity index (χ2v) is 10.6. The summed E-state index contributed by atoms with van der Waals surface area (Å²) in [6.45, 7) is 0. The molecular formula is C22H18ClN5O5S3. The van der Waals surface area contributed by atoms with Crippen LogP contribution in [-0.2, 0) is 10.0 Å². The molecule has 2 aromatic heterocycles. The number of sulfonamides is 1. The number of halogens is 1. The summed E-state index contributed by atoms with van der Waals surface area (Å²) < 4.78 is 38.7. The van der Waals surface area contributed by atoms with Crippen molar-refractivity contribution >= 4 is 77.8 Å². The Morgan fingerprint density at radius 3 is 2.47 bits per heavy atom. The van der Waals surface area contributed by atoms with E-state index in [2.05, 4.69) is 25.3 Å². The van der Waals surface area contributed by atoms with E-state index in [0.717, 1.165) is 10.1 Å². The highest BCUT2D eigenvalue weighted by atomic mass is 35.5. The number of carbonyl (C=O) groups is 1. The summed E-state index contributed by atoms with van der Waals surface area (Å²) in [5.41, 5.74) is 0.462. The Balaban J connectivity index is 1.42. The molecular weight excluding hydrogens is 546 g/mol. The molecule has 0 saturated heterocycles. The number of aromatic nitrogens is 2. The first-order chi connectivity index (χ1) is 17.2. The summed E-state index contributed by atoms with van der Waals surface area (Å²) >= 11 is 12.8. The van der Waals surface area contributed by atoms with E-state index < -0.39 is 15.9 Å². The lowest BCUT2D eigenvalue weighted by Gasteiger charge is -2.11. The molecule has 2 heterocycles. The highest BCUT2D eigenvalue weighted by molar-refractivity contribution is 7.92. The van der Waals surface area contributed by atoms with Gasteiger partial charge in [-0.25, -0.2) is 18.4 Å². The van der Waals surface area contributed by atoms with Gasteiger partial charge in [0, 0.05) is 28.2 Å². The van der Waals surface area contributed by atoms with Gasteiger partial charge in [-0.15, -0.1) is 11.3 Å². The van der Waals surface area contributed by atoms with Crippen LogP contribution in [0.4, 0.5) is 11.5 Å². The summed E-state index contributed by atoms with van der Waals surface area (Å²) in [6.07, 6.45) is 2.72. The van der Waals surface area contributed by atoms with E-state index >= 15 is 0 Å². The fourth-order valence-electron chi connectivity index (χ4n) is 3.09. The highest BCUT2D eigenvalue weighted by Crippen LogP contribution is 2.37. The Kier molecular flexibility index (Phi) is 7.54. The standard InChI is InChI=1S/C22H18ClN5O5S3/c1-32-13-5-8-15-16(11-13)35-18(17(15)23)20(29)27-22(34)26-12-3-6-14(7-4-12)36(30,31)28-19-21(33-2)25-10-9-24-19/h3-11H,1-2H3,(H,24,28)(H2,26,27,29,34). The fraction of sp³-hybridized carbons (Fsp3) is 0.0909. The minimum absolute atomic E-state index is 0.0177. The van der Waals surface area contributed by atoms with Crippen LogP contribution in [0, 0.1) is 0 Å². The van der Waals surface area contributed by atoms with Gasteiger partial charge in [0.25, 0.3) is 21.8 Å². The molecule has 1 amide bonds. The molecule has 2 aromatic carbocycles. The maximum atomic E-state index is 12.7. The molecule has 0 saturated carbocycles. The lowest BCUT2D eigenvalue weighted by molar-refractivity contribution is 0.0982. The van der Waals surface area contributed by atoms with Crippen molar-refractivity contribution in [2.75, 3.05) is 24.3 Å². The molecule has 0 unspecified atom stereocenters. The number of thiophene rings is 1. The van der Waals surface area contributed by atoms with Crippen molar-refractivity contribution in [2.24, 2.45) is 0 Å². The molecule has 0 aliphatic heterocycles. The van der Waals surface area contributed by atoms with E-state index in [1.165, 1.54) is 55.1 Å². The number of hydrogen-bond acceptors (Lipinski definition) is 9. The number of anilines is 2. The molecule has 0 bridgehead atoms. The van der Waals surface area contributed by atoms with E-state index in [1.807, 2.05) is 0 Å². The van der Waals surface area contributed by atoms with Crippen molar-refractivity contribution in [3.8, 4) is 11.6 Å². The average molecular weight is 564 g/mol. The number of hydrogen-bond donors (Lipinski definition) is 3. The quantitative estimate of drug-likeness (QED) is 0.282. The van der Waals surface area contributed by atoms with E-state index in [4.69, 9.17) is 33.3 Å². The van der Waals surface area contributed by atoms with Gasteiger partial charge in [-0.2, -0.15) is 0 Å². The van der Waals surface area contributed by atoms with Crippen LogP contribution in [0.25, 0.3) is 10.1 Å². The van der Waals surface area contributed by atoms with Crippen molar-refractivity contribution in [2.45, 2.75) is 4.90 Å². The van der Waals surface area contributed by atoms with Crippen LogP contribution in [0.1, 0.15) is 9.67 Å². The fourth-order valence-corrected chi connectivity index (χ4v) is 5.75. The smallest absolute Gasteiger partial charge is 0.269 e. The Morgan fingerprint density at radius 2 is 1.78 bits per heavy atom. The molecule has 36 heavy (non-hydrogen) atoms. The number of carbonyl (C=O) groups excluding carboxylic acids is 1. The minimum Gasteiger partial charge on any atom is -0.497 e. The predicted octanol–water partition coefficient (Wildman–Crippen LogP) is 4.29. The number of methoxy groups -OCH3 is 2. The summed E-state index contributed by atoms with van der Waals surface area (Å²) in [5.74, 6) is 0.183. The van der Waals surface area contributed by atoms with Gasteiger partial charge in [0.05, 0.1) is 24.1 Å². The molecule has 0 spiro atoms. The van der Waals surface area contributed by atoms with Crippen LogP contribution in [0.3, 0.4) is 0 Å². The van der Waals surface area contributed by atoms with Crippen LogP contribution >= 0.6 is 35.2 Å². The number of ether oxygens (including phenoxy) is 2. The molecule has 14 heteroatoms. The van der Waals surface area contributed by atoms with E-state index in [9.17, 15) is 13.2 Å². The molecule has 0 fully saturated rings. The number of nitrogens with zero attached hydrogens (tertiary/aromatic N) is 2. The van der Waals surface area contributed by atoms with Crippen LogP contribution in [0.5, 0.6) is 11.6 Å². The van der Waals surface area contributed by atoms with Crippen molar-refractivity contribution < 1.29 is 22.7 Å². The molecule has 0 radical (unpaired) electrons. The van der Waals surface area contributed by atoms with Gasteiger partial charge in [-0.05, 0) is 54.7 Å². The zero-order chi connectivity index (χ0) is 25.9. The van der Waals surface area contributed by atoms with Gasteiger partial charge in [0.1, 0.15) is 10.6 Å². The first-order valence-electron chi connectivity index (χ1n) is 10.1. The zero-order valence-electron chi connectivity index (χ0n) is 18.7. The summed E-state index contributed by atoms with van der Waals surface area (Å²) in [5, 5.41) is 6.50. The zero-order valence-corrected chi connectivity index (χ0v) is 21.9. The summed E-state index contributed by atoms with van der Waals surface area (Å²) in [6, 6.07) is 11.1. The molecule has 0 aliphatic rings.